The molecular weight excluding hydrogens is 422 g/mol. The first kappa shape index (κ1) is 28.7. The van der Waals surface area contributed by atoms with Gasteiger partial charge in [-0.15, -0.1) is 0 Å². The van der Waals surface area contributed by atoms with E-state index in [2.05, 4.69) is 5.32 Å². The summed E-state index contributed by atoms with van der Waals surface area (Å²) in [4.78, 5) is 54.1. The van der Waals surface area contributed by atoms with E-state index in [1.54, 1.807) is 36.8 Å². The van der Waals surface area contributed by atoms with Crippen LogP contribution in [0.25, 0.3) is 0 Å². The third kappa shape index (κ3) is 7.86. The molecule has 1 aliphatic heterocycles. The number of esters is 1. The second-order valence-corrected chi connectivity index (χ2v) is 10.3. The summed E-state index contributed by atoms with van der Waals surface area (Å²) in [5, 5.41) is 2.95. The molecule has 1 rings (SSSR count). The van der Waals surface area contributed by atoms with Gasteiger partial charge in [0.05, 0.1) is 12.6 Å². The normalized spacial score (nSPS) is 19.0. The van der Waals surface area contributed by atoms with Crippen LogP contribution in [0.4, 0.5) is 0 Å². The third-order valence-corrected chi connectivity index (χ3v) is 6.11. The standard InChI is InChI=1S/C25H43N3O5/c1-10-33-24(32)17(4)15-20(16(2)3)27(9)23(31)21(25(6,7)8)26-22(30)19-13-11-12-14-28(19)18(5)29/h15-16,19-21H,10-14H2,1-9H3,(H,26,30)/t19?,20-,21-/m1/s1. The Morgan fingerprint density at radius 2 is 1.76 bits per heavy atom. The van der Waals surface area contributed by atoms with Gasteiger partial charge in [-0.1, -0.05) is 40.7 Å². The van der Waals surface area contributed by atoms with Gasteiger partial charge >= 0.3 is 5.97 Å². The van der Waals surface area contributed by atoms with Crippen molar-refractivity contribution in [1.29, 1.82) is 0 Å². The highest BCUT2D eigenvalue weighted by atomic mass is 16.5. The Morgan fingerprint density at radius 1 is 1.15 bits per heavy atom. The molecule has 3 atom stereocenters. The first-order valence-corrected chi connectivity index (χ1v) is 11.9. The quantitative estimate of drug-likeness (QED) is 0.439. The Balaban J connectivity index is 3.16. The fourth-order valence-corrected chi connectivity index (χ4v) is 4.14. The van der Waals surface area contributed by atoms with Crippen LogP contribution in [0.15, 0.2) is 11.6 Å². The predicted octanol–water partition coefficient (Wildman–Crippen LogP) is 2.91. The number of hydrogen-bond donors (Lipinski definition) is 1. The van der Waals surface area contributed by atoms with E-state index in [1.807, 2.05) is 34.6 Å². The van der Waals surface area contributed by atoms with Gasteiger partial charge in [0, 0.05) is 26.1 Å². The minimum atomic E-state index is -0.789. The van der Waals surface area contributed by atoms with E-state index in [0.717, 1.165) is 12.8 Å². The van der Waals surface area contributed by atoms with Crippen molar-refractivity contribution in [2.75, 3.05) is 20.2 Å². The predicted molar refractivity (Wildman–Crippen MR) is 128 cm³/mol. The topological polar surface area (TPSA) is 96.0 Å². The van der Waals surface area contributed by atoms with E-state index in [1.165, 1.54) is 6.92 Å². The van der Waals surface area contributed by atoms with Crippen molar-refractivity contribution in [2.24, 2.45) is 11.3 Å². The van der Waals surface area contributed by atoms with Gasteiger partial charge in [-0.05, 0) is 44.4 Å². The molecular formula is C25H43N3O5. The van der Waals surface area contributed by atoms with Gasteiger partial charge in [-0.2, -0.15) is 0 Å². The minimum absolute atomic E-state index is 0.0335. The van der Waals surface area contributed by atoms with E-state index in [-0.39, 0.29) is 36.3 Å². The van der Waals surface area contributed by atoms with E-state index < -0.39 is 23.5 Å². The van der Waals surface area contributed by atoms with Crippen LogP contribution in [0.5, 0.6) is 0 Å². The van der Waals surface area contributed by atoms with E-state index in [4.69, 9.17) is 4.74 Å². The van der Waals surface area contributed by atoms with E-state index in [0.29, 0.717) is 18.5 Å². The molecule has 0 aliphatic carbocycles. The highest BCUT2D eigenvalue weighted by Crippen LogP contribution is 2.25. The van der Waals surface area contributed by atoms with Crippen LogP contribution in [0.1, 0.15) is 74.7 Å². The van der Waals surface area contributed by atoms with Crippen molar-refractivity contribution >= 4 is 23.7 Å². The molecule has 1 heterocycles. The van der Waals surface area contributed by atoms with Crippen molar-refractivity contribution in [2.45, 2.75) is 92.8 Å². The number of amides is 3. The Bertz CT molecular complexity index is 754. The maximum Gasteiger partial charge on any atom is 0.333 e. The molecule has 8 heteroatoms. The van der Waals surface area contributed by atoms with Gasteiger partial charge in [-0.3, -0.25) is 14.4 Å². The van der Waals surface area contributed by atoms with E-state index in [9.17, 15) is 19.2 Å². The van der Waals surface area contributed by atoms with Crippen molar-refractivity contribution in [1.82, 2.24) is 15.1 Å². The third-order valence-electron chi connectivity index (χ3n) is 6.11. The maximum atomic E-state index is 13.6. The Kier molecular flexibility index (Phi) is 10.6. The molecule has 1 fully saturated rings. The fourth-order valence-electron chi connectivity index (χ4n) is 4.14. The van der Waals surface area contributed by atoms with Crippen LogP contribution in [0, 0.1) is 11.3 Å². The zero-order valence-corrected chi connectivity index (χ0v) is 21.9. The molecule has 0 aromatic rings. The van der Waals surface area contributed by atoms with Crippen molar-refractivity contribution < 1.29 is 23.9 Å². The highest BCUT2D eigenvalue weighted by Gasteiger charge is 2.39. The van der Waals surface area contributed by atoms with Crippen LogP contribution < -0.4 is 5.32 Å². The van der Waals surface area contributed by atoms with Crippen molar-refractivity contribution in [3.8, 4) is 0 Å². The Hall–Kier alpha value is -2.38. The molecule has 33 heavy (non-hydrogen) atoms. The molecule has 188 valence electrons. The number of ether oxygens (including phenoxy) is 1. The molecule has 1 saturated heterocycles. The average molecular weight is 466 g/mol. The number of hydrogen-bond acceptors (Lipinski definition) is 5. The number of nitrogens with one attached hydrogen (secondary N) is 1. The van der Waals surface area contributed by atoms with Crippen molar-refractivity contribution in [3.63, 3.8) is 0 Å². The fraction of sp³-hybridized carbons (Fsp3) is 0.760. The summed E-state index contributed by atoms with van der Waals surface area (Å²) in [5.74, 6) is -1.05. The molecule has 0 aromatic carbocycles. The number of carbonyl (C=O) groups excluding carboxylic acids is 4. The van der Waals surface area contributed by atoms with Gasteiger partial charge in [0.2, 0.25) is 17.7 Å². The molecule has 1 N–H and O–H groups in total. The molecule has 0 saturated carbocycles. The van der Waals surface area contributed by atoms with Crippen LogP contribution in [-0.2, 0) is 23.9 Å². The monoisotopic (exact) mass is 465 g/mol. The SMILES string of the molecule is CCOC(=O)C(C)=C[C@H](C(C)C)N(C)C(=O)[C@@H](NC(=O)C1CCCCN1C(C)=O)C(C)(C)C. The lowest BCUT2D eigenvalue weighted by Crippen LogP contribution is -2.60. The maximum absolute atomic E-state index is 13.6. The Labute approximate surface area is 199 Å². The number of carbonyl (C=O) groups is 4. The summed E-state index contributed by atoms with van der Waals surface area (Å²) in [6, 6.07) is -1.71. The second kappa shape index (κ2) is 12.2. The lowest BCUT2D eigenvalue weighted by Gasteiger charge is -2.39. The average Bonchev–Trinajstić information content (AvgIpc) is 2.73. The molecule has 3 amide bonds. The van der Waals surface area contributed by atoms with Crippen LogP contribution in [0.3, 0.4) is 0 Å². The number of piperidine rings is 1. The first-order chi connectivity index (χ1) is 15.2. The molecule has 1 aliphatic rings. The number of nitrogens with zero attached hydrogens (tertiary/aromatic N) is 2. The Morgan fingerprint density at radius 3 is 2.24 bits per heavy atom. The zero-order chi connectivity index (χ0) is 25.5. The van der Waals surface area contributed by atoms with Gasteiger partial charge in [0.25, 0.3) is 0 Å². The lowest BCUT2D eigenvalue weighted by atomic mass is 9.84. The summed E-state index contributed by atoms with van der Waals surface area (Å²) >= 11 is 0. The number of likely N-dealkylation sites (N-methyl/N-ethyl adjacent to an activating group) is 1. The van der Waals surface area contributed by atoms with Gasteiger partial charge < -0.3 is 19.9 Å². The molecule has 0 radical (unpaired) electrons. The zero-order valence-electron chi connectivity index (χ0n) is 21.9. The van der Waals surface area contributed by atoms with Gasteiger partial charge in [-0.25, -0.2) is 4.79 Å². The molecule has 0 bridgehead atoms. The summed E-state index contributed by atoms with van der Waals surface area (Å²) in [6.45, 7) is 15.4. The first-order valence-electron chi connectivity index (χ1n) is 11.9. The summed E-state index contributed by atoms with van der Waals surface area (Å²) < 4.78 is 5.08. The molecule has 0 spiro atoms. The smallest absolute Gasteiger partial charge is 0.333 e. The van der Waals surface area contributed by atoms with Gasteiger partial charge in [0.15, 0.2) is 0 Å². The van der Waals surface area contributed by atoms with Gasteiger partial charge in [0.1, 0.15) is 12.1 Å². The second-order valence-electron chi connectivity index (χ2n) is 10.3. The summed E-state index contributed by atoms with van der Waals surface area (Å²) in [6.07, 6.45) is 4.07. The molecule has 1 unspecified atom stereocenters. The van der Waals surface area contributed by atoms with E-state index >= 15 is 0 Å². The summed E-state index contributed by atoms with van der Waals surface area (Å²) in [7, 11) is 1.69. The van der Waals surface area contributed by atoms with Crippen LogP contribution >= 0.6 is 0 Å². The van der Waals surface area contributed by atoms with Crippen LogP contribution in [0.2, 0.25) is 0 Å². The number of likely N-dealkylation sites (tertiary alicyclic amines) is 1. The molecule has 0 aromatic heterocycles. The number of rotatable bonds is 8. The van der Waals surface area contributed by atoms with Crippen LogP contribution in [-0.4, -0.2) is 71.8 Å². The largest absolute Gasteiger partial charge is 0.463 e. The highest BCUT2D eigenvalue weighted by molar-refractivity contribution is 5.92. The minimum Gasteiger partial charge on any atom is -0.463 e. The lowest BCUT2D eigenvalue weighted by molar-refractivity contribution is -0.145. The van der Waals surface area contributed by atoms with Crippen molar-refractivity contribution in [3.05, 3.63) is 11.6 Å². The molecule has 8 nitrogen and oxygen atoms in total. The summed E-state index contributed by atoms with van der Waals surface area (Å²) in [5.41, 5.74) is -0.121.